The van der Waals surface area contributed by atoms with Gasteiger partial charge in [0, 0.05) is 6.54 Å². The van der Waals surface area contributed by atoms with Crippen LogP contribution in [-0.4, -0.2) is 17.6 Å². The largest absolute Gasteiger partial charge is 0.388 e. The highest BCUT2D eigenvalue weighted by atomic mass is 32.1. The monoisotopic (exact) mass is 325 g/mol. The summed E-state index contributed by atoms with van der Waals surface area (Å²) < 4.78 is 0. The van der Waals surface area contributed by atoms with Crippen LogP contribution in [0.15, 0.2) is 53.9 Å². The second-order valence-electron chi connectivity index (χ2n) is 5.62. The molecule has 0 radical (unpaired) electrons. The molecule has 1 unspecified atom stereocenters. The molecule has 3 rings (SSSR count). The van der Waals surface area contributed by atoms with Crippen molar-refractivity contribution in [3.8, 4) is 0 Å². The van der Waals surface area contributed by atoms with Gasteiger partial charge in [0.1, 0.15) is 0 Å². The molecule has 0 bridgehead atoms. The zero-order valence-electron chi connectivity index (χ0n) is 13.0. The molecule has 2 N–H and O–H groups in total. The number of hydrogen-bond donors (Lipinski definition) is 2. The van der Waals surface area contributed by atoms with E-state index in [2.05, 4.69) is 5.32 Å². The molecule has 0 fully saturated rings. The smallest absolute Gasteiger partial charge is 0.261 e. The molecule has 3 nitrogen and oxygen atoms in total. The summed E-state index contributed by atoms with van der Waals surface area (Å²) in [5.41, 5.74) is 2.00. The molecule has 0 saturated heterocycles. The van der Waals surface area contributed by atoms with E-state index in [1.54, 1.807) is 0 Å². The lowest BCUT2D eigenvalue weighted by Crippen LogP contribution is -2.24. The highest BCUT2D eigenvalue weighted by Gasteiger charge is 2.12. The summed E-state index contributed by atoms with van der Waals surface area (Å²) in [7, 11) is 0. The number of rotatable bonds is 5. The van der Waals surface area contributed by atoms with Crippen molar-refractivity contribution >= 4 is 28.0 Å². The Morgan fingerprint density at radius 1 is 1.22 bits per heavy atom. The number of carbonyl (C=O) groups is 1. The third-order valence-corrected chi connectivity index (χ3v) is 4.89. The molecule has 0 saturated carbocycles. The first-order chi connectivity index (χ1) is 11.1. The number of hydrogen-bond acceptors (Lipinski definition) is 3. The van der Waals surface area contributed by atoms with E-state index in [-0.39, 0.29) is 5.91 Å². The predicted molar refractivity (Wildman–Crippen MR) is 94.9 cm³/mol. The highest BCUT2D eigenvalue weighted by molar-refractivity contribution is 7.12. The van der Waals surface area contributed by atoms with E-state index in [9.17, 15) is 9.90 Å². The van der Waals surface area contributed by atoms with Crippen LogP contribution < -0.4 is 5.32 Å². The number of aliphatic hydroxyl groups excluding tert-OH is 1. The van der Waals surface area contributed by atoms with E-state index in [0.29, 0.717) is 17.8 Å². The van der Waals surface area contributed by atoms with Gasteiger partial charge in [-0.2, -0.15) is 0 Å². The minimum absolute atomic E-state index is 0.0757. The van der Waals surface area contributed by atoms with Crippen LogP contribution >= 0.6 is 11.3 Å². The van der Waals surface area contributed by atoms with Crippen molar-refractivity contribution < 1.29 is 9.90 Å². The fraction of sp³-hybridized carbons (Fsp3) is 0.211. The number of aliphatic hydroxyl groups is 1. The number of amides is 1. The number of benzene rings is 2. The van der Waals surface area contributed by atoms with Crippen LogP contribution in [0.25, 0.3) is 10.8 Å². The molecule has 23 heavy (non-hydrogen) atoms. The molecular formula is C19H19NO2S. The lowest BCUT2D eigenvalue weighted by Gasteiger charge is -2.14. The SMILES string of the molecule is Cc1csc(C(=O)NCCC(O)c2cccc3ccccc23)c1. The van der Waals surface area contributed by atoms with Crippen LogP contribution in [0.2, 0.25) is 0 Å². The molecule has 4 heteroatoms. The van der Waals surface area contributed by atoms with Crippen molar-refractivity contribution in [2.75, 3.05) is 6.54 Å². The van der Waals surface area contributed by atoms with Gasteiger partial charge in [-0.25, -0.2) is 0 Å². The van der Waals surface area contributed by atoms with Crippen LogP contribution in [0, 0.1) is 6.92 Å². The average molecular weight is 325 g/mol. The summed E-state index contributed by atoms with van der Waals surface area (Å²) in [6, 6.07) is 15.8. The molecular weight excluding hydrogens is 306 g/mol. The quantitative estimate of drug-likeness (QED) is 0.743. The highest BCUT2D eigenvalue weighted by Crippen LogP contribution is 2.25. The van der Waals surface area contributed by atoms with E-state index in [0.717, 1.165) is 21.9 Å². The van der Waals surface area contributed by atoms with Crippen molar-refractivity contribution in [3.05, 3.63) is 69.9 Å². The summed E-state index contributed by atoms with van der Waals surface area (Å²) in [5.74, 6) is -0.0757. The molecule has 1 atom stereocenters. The third kappa shape index (κ3) is 3.60. The average Bonchev–Trinajstić information content (AvgIpc) is 3.00. The number of thiophene rings is 1. The van der Waals surface area contributed by atoms with E-state index in [1.807, 2.05) is 60.8 Å². The normalized spacial score (nSPS) is 12.3. The van der Waals surface area contributed by atoms with Gasteiger partial charge < -0.3 is 10.4 Å². The first kappa shape index (κ1) is 15.7. The van der Waals surface area contributed by atoms with Crippen molar-refractivity contribution in [2.45, 2.75) is 19.4 Å². The van der Waals surface area contributed by atoms with Crippen molar-refractivity contribution in [1.29, 1.82) is 0 Å². The Kier molecular flexibility index (Phi) is 4.74. The Bertz CT molecular complexity index is 820. The molecule has 0 aliphatic carbocycles. The topological polar surface area (TPSA) is 49.3 Å². The Hall–Kier alpha value is -2.17. The van der Waals surface area contributed by atoms with E-state index >= 15 is 0 Å². The van der Waals surface area contributed by atoms with Crippen molar-refractivity contribution in [1.82, 2.24) is 5.32 Å². The lowest BCUT2D eigenvalue weighted by atomic mass is 9.99. The zero-order valence-corrected chi connectivity index (χ0v) is 13.8. The van der Waals surface area contributed by atoms with Crippen LogP contribution in [-0.2, 0) is 0 Å². The summed E-state index contributed by atoms with van der Waals surface area (Å²) in [5, 5.41) is 17.5. The van der Waals surface area contributed by atoms with Crippen LogP contribution in [0.5, 0.6) is 0 Å². The van der Waals surface area contributed by atoms with Crippen LogP contribution in [0.1, 0.15) is 33.3 Å². The summed E-state index contributed by atoms with van der Waals surface area (Å²) >= 11 is 1.44. The standard InChI is InChI=1S/C19H19NO2S/c1-13-11-18(23-12-13)19(22)20-10-9-17(21)16-8-4-6-14-5-2-3-7-15(14)16/h2-8,11-12,17,21H,9-10H2,1H3,(H,20,22). The molecule has 1 heterocycles. The predicted octanol–water partition coefficient (Wildman–Crippen LogP) is 4.06. The third-order valence-electron chi connectivity index (χ3n) is 3.84. The minimum atomic E-state index is -0.591. The van der Waals surface area contributed by atoms with Gasteiger partial charge in [-0.1, -0.05) is 42.5 Å². The maximum atomic E-state index is 12.0. The van der Waals surface area contributed by atoms with Gasteiger partial charge in [-0.05, 0) is 46.7 Å². The van der Waals surface area contributed by atoms with Crippen LogP contribution in [0.4, 0.5) is 0 Å². The molecule has 0 aliphatic rings. The van der Waals surface area contributed by atoms with Gasteiger partial charge in [0.05, 0.1) is 11.0 Å². The zero-order chi connectivity index (χ0) is 16.2. The van der Waals surface area contributed by atoms with Gasteiger partial charge >= 0.3 is 0 Å². The molecule has 3 aromatic rings. The lowest BCUT2D eigenvalue weighted by molar-refractivity contribution is 0.0947. The Morgan fingerprint density at radius 2 is 2.00 bits per heavy atom. The molecule has 1 amide bonds. The van der Waals surface area contributed by atoms with Gasteiger partial charge in [0.15, 0.2) is 0 Å². The Balaban J connectivity index is 1.63. The maximum absolute atomic E-state index is 12.0. The van der Waals surface area contributed by atoms with Gasteiger partial charge in [-0.3, -0.25) is 4.79 Å². The van der Waals surface area contributed by atoms with Gasteiger partial charge in [0.25, 0.3) is 5.91 Å². The fourth-order valence-corrected chi connectivity index (χ4v) is 3.47. The fourth-order valence-electron chi connectivity index (χ4n) is 2.66. The molecule has 118 valence electrons. The van der Waals surface area contributed by atoms with Crippen molar-refractivity contribution in [2.24, 2.45) is 0 Å². The maximum Gasteiger partial charge on any atom is 0.261 e. The Labute approximate surface area is 139 Å². The number of carbonyl (C=O) groups excluding carboxylic acids is 1. The second kappa shape index (κ2) is 6.94. The first-order valence-electron chi connectivity index (χ1n) is 7.64. The molecule has 2 aromatic carbocycles. The van der Waals surface area contributed by atoms with Gasteiger partial charge in [0.2, 0.25) is 0 Å². The number of nitrogens with one attached hydrogen (secondary N) is 1. The number of aryl methyl sites for hydroxylation is 1. The molecule has 0 aliphatic heterocycles. The molecule has 1 aromatic heterocycles. The Morgan fingerprint density at radius 3 is 2.78 bits per heavy atom. The van der Waals surface area contributed by atoms with Crippen LogP contribution in [0.3, 0.4) is 0 Å². The minimum Gasteiger partial charge on any atom is -0.388 e. The summed E-state index contributed by atoms with van der Waals surface area (Å²) in [4.78, 5) is 12.7. The van der Waals surface area contributed by atoms with E-state index in [4.69, 9.17) is 0 Å². The number of fused-ring (bicyclic) bond motifs is 1. The van der Waals surface area contributed by atoms with E-state index in [1.165, 1.54) is 11.3 Å². The van der Waals surface area contributed by atoms with Gasteiger partial charge in [-0.15, -0.1) is 11.3 Å². The summed E-state index contributed by atoms with van der Waals surface area (Å²) in [6.45, 7) is 2.41. The second-order valence-corrected chi connectivity index (χ2v) is 6.53. The van der Waals surface area contributed by atoms with E-state index < -0.39 is 6.10 Å². The van der Waals surface area contributed by atoms with Crippen molar-refractivity contribution in [3.63, 3.8) is 0 Å². The first-order valence-corrected chi connectivity index (χ1v) is 8.52. The summed E-state index contributed by atoms with van der Waals surface area (Å²) in [6.07, 6.45) is -0.101. The molecule has 0 spiro atoms.